The van der Waals surface area contributed by atoms with E-state index in [1.165, 1.54) is 4.31 Å². The molecule has 2 nitrogen and oxygen atoms in total. The molecule has 0 amide bonds. The quantitative estimate of drug-likeness (QED) is 0.384. The van der Waals surface area contributed by atoms with E-state index in [4.69, 9.17) is 4.74 Å². The van der Waals surface area contributed by atoms with Crippen LogP contribution in [0, 0.1) is 0 Å². The van der Waals surface area contributed by atoms with Crippen LogP contribution in [0.2, 0.25) is 0 Å². The molecule has 1 atom stereocenters. The van der Waals surface area contributed by atoms with Gasteiger partial charge >= 0.3 is 0 Å². The van der Waals surface area contributed by atoms with Crippen molar-refractivity contribution in [2.75, 3.05) is 19.8 Å². The summed E-state index contributed by atoms with van der Waals surface area (Å²) in [6.07, 6.45) is -1.02. The van der Waals surface area contributed by atoms with Crippen molar-refractivity contribution < 1.29 is 9.13 Å². The van der Waals surface area contributed by atoms with Gasteiger partial charge in [-0.1, -0.05) is 12.8 Å². The molecule has 8 heavy (non-hydrogen) atoms. The Morgan fingerprint density at radius 3 is 2.88 bits per heavy atom. The second-order valence-corrected chi connectivity index (χ2v) is 2.19. The number of thiol groups is 1. The summed E-state index contributed by atoms with van der Waals surface area (Å²) in [5.41, 5.74) is 0. The van der Waals surface area contributed by atoms with E-state index >= 15 is 0 Å². The Balaban J connectivity index is 2.28. The zero-order chi connectivity index (χ0) is 5.98. The first-order chi connectivity index (χ1) is 3.80. The van der Waals surface area contributed by atoms with E-state index in [0.29, 0.717) is 13.2 Å². The molecule has 0 saturated carbocycles. The Bertz CT molecular complexity index is 72.4. The molecule has 0 aliphatic carbocycles. The minimum absolute atomic E-state index is 0.156. The fourth-order valence-electron chi connectivity index (χ4n) is 0.565. The van der Waals surface area contributed by atoms with Gasteiger partial charge in [-0.15, -0.1) is 0 Å². The summed E-state index contributed by atoms with van der Waals surface area (Å²) < 4.78 is 18.4. The second kappa shape index (κ2) is 2.66. The van der Waals surface area contributed by atoms with Gasteiger partial charge in [0.15, 0.2) is 6.30 Å². The monoisotopic (exact) mass is 137 g/mol. The number of halogens is 1. The lowest BCUT2D eigenvalue weighted by Crippen LogP contribution is -2.36. The zero-order valence-electron chi connectivity index (χ0n) is 4.38. The average molecular weight is 137 g/mol. The molecule has 1 unspecified atom stereocenters. The first-order valence-electron chi connectivity index (χ1n) is 2.48. The molecule has 0 aromatic rings. The van der Waals surface area contributed by atoms with Gasteiger partial charge in [0.2, 0.25) is 0 Å². The van der Waals surface area contributed by atoms with Crippen LogP contribution in [0.5, 0.6) is 0 Å². The predicted octanol–water partition coefficient (Wildman–Crippen LogP) is 0.459. The van der Waals surface area contributed by atoms with Crippen LogP contribution in [0.15, 0.2) is 0 Å². The van der Waals surface area contributed by atoms with Crippen molar-refractivity contribution in [1.82, 2.24) is 4.31 Å². The Morgan fingerprint density at radius 2 is 2.50 bits per heavy atom. The Kier molecular flexibility index (Phi) is 2.10. The number of rotatable bonds is 0. The molecule has 0 aromatic carbocycles. The molecular formula is C4H8FNOS. The van der Waals surface area contributed by atoms with E-state index in [9.17, 15) is 4.39 Å². The number of ether oxygens (including phenoxy) is 1. The number of hydrogen-bond acceptors (Lipinski definition) is 3. The highest BCUT2D eigenvalue weighted by Gasteiger charge is 2.18. The lowest BCUT2D eigenvalue weighted by atomic mass is 10.5. The highest BCUT2D eigenvalue weighted by atomic mass is 32.1. The van der Waals surface area contributed by atoms with Crippen LogP contribution in [0.3, 0.4) is 0 Å². The standard InChI is InChI=1S/C4H8FNOS/c5-4-3-7-2-1-6(4)8/h4,8H,1-3H2. The maximum Gasteiger partial charge on any atom is 0.185 e. The lowest BCUT2D eigenvalue weighted by Gasteiger charge is -2.24. The summed E-state index contributed by atoms with van der Waals surface area (Å²) in [6.45, 7) is 1.32. The predicted molar refractivity (Wildman–Crippen MR) is 31.4 cm³/mol. The molecule has 0 spiro atoms. The van der Waals surface area contributed by atoms with E-state index in [1.807, 2.05) is 0 Å². The first kappa shape index (κ1) is 6.32. The molecule has 1 aliphatic heterocycles. The third-order valence-corrected chi connectivity index (χ3v) is 1.49. The fraction of sp³-hybridized carbons (Fsp3) is 1.00. The van der Waals surface area contributed by atoms with Crippen LogP contribution >= 0.6 is 12.8 Å². The highest BCUT2D eigenvalue weighted by molar-refractivity contribution is 7.77. The summed E-state index contributed by atoms with van der Waals surface area (Å²) in [4.78, 5) is 0. The van der Waals surface area contributed by atoms with Crippen molar-refractivity contribution >= 4 is 12.8 Å². The van der Waals surface area contributed by atoms with Gasteiger partial charge in [0.05, 0.1) is 13.2 Å². The normalized spacial score (nSPS) is 33.0. The van der Waals surface area contributed by atoms with Crippen molar-refractivity contribution in [3.63, 3.8) is 0 Å². The third kappa shape index (κ3) is 1.34. The minimum Gasteiger partial charge on any atom is -0.376 e. The van der Waals surface area contributed by atoms with Crippen molar-refractivity contribution in [2.45, 2.75) is 6.30 Å². The summed E-state index contributed by atoms with van der Waals surface area (Å²) in [6, 6.07) is 0. The summed E-state index contributed by atoms with van der Waals surface area (Å²) in [5, 5.41) is 0. The molecule has 1 saturated heterocycles. The van der Waals surface area contributed by atoms with E-state index < -0.39 is 6.30 Å². The molecular weight excluding hydrogens is 129 g/mol. The SMILES string of the molecule is FC1COCCN1S. The van der Waals surface area contributed by atoms with Crippen LogP contribution in [0.1, 0.15) is 0 Å². The van der Waals surface area contributed by atoms with Crippen LogP contribution in [-0.2, 0) is 4.74 Å². The Hall–Kier alpha value is 0.200. The smallest absolute Gasteiger partial charge is 0.185 e. The van der Waals surface area contributed by atoms with Gasteiger partial charge in [-0.3, -0.25) is 0 Å². The van der Waals surface area contributed by atoms with Crippen molar-refractivity contribution in [3.05, 3.63) is 0 Å². The van der Waals surface area contributed by atoms with Crippen LogP contribution in [-0.4, -0.2) is 30.4 Å². The summed E-state index contributed by atoms with van der Waals surface area (Å²) >= 11 is 3.83. The van der Waals surface area contributed by atoms with Crippen LogP contribution < -0.4 is 0 Å². The third-order valence-electron chi connectivity index (χ3n) is 1.04. The molecule has 0 aromatic heterocycles. The maximum atomic E-state index is 12.3. The molecule has 1 aliphatic rings. The summed E-state index contributed by atoms with van der Waals surface area (Å²) in [7, 11) is 0. The molecule has 1 fully saturated rings. The minimum atomic E-state index is -1.02. The van der Waals surface area contributed by atoms with Crippen molar-refractivity contribution in [3.8, 4) is 0 Å². The lowest BCUT2D eigenvalue weighted by molar-refractivity contribution is -0.0158. The van der Waals surface area contributed by atoms with Gasteiger partial charge in [0.25, 0.3) is 0 Å². The molecule has 0 radical (unpaired) electrons. The van der Waals surface area contributed by atoms with Gasteiger partial charge in [0, 0.05) is 6.54 Å². The van der Waals surface area contributed by atoms with Crippen molar-refractivity contribution in [2.24, 2.45) is 0 Å². The van der Waals surface area contributed by atoms with Gasteiger partial charge in [0.1, 0.15) is 0 Å². The van der Waals surface area contributed by atoms with Gasteiger partial charge < -0.3 is 4.74 Å². The maximum absolute atomic E-state index is 12.3. The molecule has 0 N–H and O–H groups in total. The molecule has 1 rings (SSSR count). The number of alkyl halides is 1. The van der Waals surface area contributed by atoms with E-state index in [1.54, 1.807) is 0 Å². The van der Waals surface area contributed by atoms with E-state index in [2.05, 4.69) is 12.8 Å². The molecule has 0 bridgehead atoms. The fourth-order valence-corrected chi connectivity index (χ4v) is 0.713. The van der Waals surface area contributed by atoms with Crippen LogP contribution in [0.25, 0.3) is 0 Å². The average Bonchev–Trinajstić information content (AvgIpc) is 1.77. The van der Waals surface area contributed by atoms with E-state index in [0.717, 1.165) is 0 Å². The molecule has 4 heteroatoms. The Labute approximate surface area is 53.2 Å². The van der Waals surface area contributed by atoms with Crippen molar-refractivity contribution in [1.29, 1.82) is 0 Å². The largest absolute Gasteiger partial charge is 0.376 e. The van der Waals surface area contributed by atoms with Gasteiger partial charge in [-0.05, 0) is 0 Å². The van der Waals surface area contributed by atoms with Gasteiger partial charge in [-0.2, -0.15) is 0 Å². The van der Waals surface area contributed by atoms with Gasteiger partial charge in [-0.25, -0.2) is 8.70 Å². The molecule has 48 valence electrons. The highest BCUT2D eigenvalue weighted by Crippen LogP contribution is 2.08. The zero-order valence-corrected chi connectivity index (χ0v) is 5.27. The number of morpholine rings is 1. The second-order valence-electron chi connectivity index (χ2n) is 1.67. The van der Waals surface area contributed by atoms with Crippen LogP contribution in [0.4, 0.5) is 4.39 Å². The first-order valence-corrected chi connectivity index (χ1v) is 2.88. The topological polar surface area (TPSA) is 12.5 Å². The van der Waals surface area contributed by atoms with E-state index in [-0.39, 0.29) is 6.61 Å². The number of nitrogens with zero attached hydrogens (tertiary/aromatic N) is 1. The summed E-state index contributed by atoms with van der Waals surface area (Å²) in [5.74, 6) is 0. The number of hydrogen-bond donors (Lipinski definition) is 1. The molecule has 1 heterocycles. The Morgan fingerprint density at radius 1 is 1.75 bits per heavy atom.